The lowest BCUT2D eigenvalue weighted by Gasteiger charge is -2.36. The molecule has 0 heterocycles. The van der Waals surface area contributed by atoms with E-state index in [9.17, 15) is 57.8 Å². The van der Waals surface area contributed by atoms with Gasteiger partial charge in [0.05, 0.1) is 6.61 Å². The summed E-state index contributed by atoms with van der Waals surface area (Å²) in [5, 5.41) is 2.59. The number of rotatable bonds is 9. The number of carbonyl (C=O) groups is 1. The Bertz CT molecular complexity index is 1120. The summed E-state index contributed by atoms with van der Waals surface area (Å²) in [6.07, 6.45) is -7.29. The van der Waals surface area contributed by atoms with E-state index in [4.69, 9.17) is 0 Å². The molecule has 1 unspecified atom stereocenters. The number of benzene rings is 2. The van der Waals surface area contributed by atoms with E-state index in [1.165, 1.54) is 24.3 Å². The van der Waals surface area contributed by atoms with Gasteiger partial charge in [-0.3, -0.25) is 4.79 Å². The second kappa shape index (κ2) is 8.85. The standard InChI is InChI=1S/C19H13F9O5S/c20-16(21,18(24,25)26)17(22,23)19(27,28)34(31,32)33-15(11-29,13-9-5-2-6-10-13)14(30)12-7-3-1-4-8-12/h1-10,29H,11H2. The van der Waals surface area contributed by atoms with E-state index in [1.807, 2.05) is 0 Å². The maximum Gasteiger partial charge on any atom is 0.460 e. The first kappa shape index (κ1) is 27.6. The predicted molar refractivity (Wildman–Crippen MR) is 96.9 cm³/mol. The Kier molecular flexibility index (Phi) is 7.18. The normalized spacial score (nSPS) is 15.6. The first-order chi connectivity index (χ1) is 15.4. The van der Waals surface area contributed by atoms with Gasteiger partial charge in [-0.15, -0.1) is 0 Å². The molecule has 0 fully saturated rings. The van der Waals surface area contributed by atoms with Crippen LogP contribution in [0.15, 0.2) is 60.7 Å². The number of hydrogen-bond donors (Lipinski definition) is 1. The Hall–Kier alpha value is -2.65. The maximum absolute atomic E-state index is 14.2. The van der Waals surface area contributed by atoms with Gasteiger partial charge in [-0.05, 0) is 5.56 Å². The molecule has 0 aliphatic heterocycles. The van der Waals surface area contributed by atoms with Crippen molar-refractivity contribution in [3.05, 3.63) is 71.8 Å². The van der Waals surface area contributed by atoms with Crippen LogP contribution in [0.2, 0.25) is 0 Å². The third-order valence-corrected chi connectivity index (χ3v) is 5.94. The van der Waals surface area contributed by atoms with Crippen molar-refractivity contribution in [3.63, 3.8) is 0 Å². The van der Waals surface area contributed by atoms with Gasteiger partial charge in [-0.2, -0.15) is 47.9 Å². The van der Waals surface area contributed by atoms with Crippen LogP contribution >= 0.6 is 0 Å². The topological polar surface area (TPSA) is 80.7 Å². The average Bonchev–Trinajstić information content (AvgIpc) is 2.77. The highest BCUT2D eigenvalue weighted by atomic mass is 32.2. The molecule has 5 nitrogen and oxygen atoms in total. The molecule has 2 rings (SSSR count). The smallest absolute Gasteiger partial charge is 0.392 e. The third kappa shape index (κ3) is 4.27. The van der Waals surface area contributed by atoms with Gasteiger partial charge in [0.15, 0.2) is 5.60 Å². The molecule has 1 atom stereocenters. The second-order valence-corrected chi connectivity index (χ2v) is 8.33. The Morgan fingerprint density at radius 2 is 1.21 bits per heavy atom. The molecule has 0 radical (unpaired) electrons. The fourth-order valence-electron chi connectivity index (χ4n) is 2.69. The van der Waals surface area contributed by atoms with Gasteiger partial charge >= 0.3 is 33.4 Å². The van der Waals surface area contributed by atoms with Gasteiger partial charge in [-0.1, -0.05) is 60.7 Å². The van der Waals surface area contributed by atoms with Crippen LogP contribution < -0.4 is 0 Å². The van der Waals surface area contributed by atoms with Crippen LogP contribution in [0.5, 0.6) is 0 Å². The fraction of sp³-hybridized carbons (Fsp3) is 0.316. The van der Waals surface area contributed by atoms with Gasteiger partial charge in [-0.25, -0.2) is 4.18 Å². The molecule has 2 aromatic rings. The summed E-state index contributed by atoms with van der Waals surface area (Å²) in [6.45, 7) is -1.82. The van der Waals surface area contributed by atoms with Crippen molar-refractivity contribution >= 4 is 15.9 Å². The molecular formula is C19H13F9O5S. The van der Waals surface area contributed by atoms with Gasteiger partial charge < -0.3 is 5.11 Å². The molecule has 188 valence electrons. The minimum absolute atomic E-state index is 0.508. The van der Waals surface area contributed by atoms with E-state index in [0.29, 0.717) is 0 Å². The highest BCUT2D eigenvalue weighted by Crippen LogP contribution is 2.55. The van der Waals surface area contributed by atoms with Crippen molar-refractivity contribution in [2.45, 2.75) is 28.9 Å². The monoisotopic (exact) mass is 524 g/mol. The van der Waals surface area contributed by atoms with E-state index < -0.39 is 62.5 Å². The molecule has 0 saturated heterocycles. The SMILES string of the molecule is O=C(c1ccccc1)C(CO)(OS(=O)(=O)C(F)(F)C(F)(F)C(F)(F)C(F)(F)F)c1ccccc1. The lowest BCUT2D eigenvalue weighted by Crippen LogP contribution is -2.64. The average molecular weight is 524 g/mol. The third-order valence-electron chi connectivity index (χ3n) is 4.55. The first-order valence-corrected chi connectivity index (χ1v) is 10.2. The fourth-order valence-corrected chi connectivity index (χ4v) is 3.84. The molecule has 0 spiro atoms. The van der Waals surface area contributed by atoms with Crippen LogP contribution in [-0.2, 0) is 19.9 Å². The van der Waals surface area contributed by atoms with E-state index in [2.05, 4.69) is 4.18 Å². The van der Waals surface area contributed by atoms with Crippen molar-refractivity contribution in [2.24, 2.45) is 0 Å². The summed E-state index contributed by atoms with van der Waals surface area (Å²) in [5.74, 6) is -16.7. The zero-order chi connectivity index (χ0) is 26.2. The number of aliphatic hydroxyl groups excluding tert-OH is 1. The van der Waals surface area contributed by atoms with Crippen molar-refractivity contribution in [1.29, 1.82) is 0 Å². The molecule has 0 amide bonds. The van der Waals surface area contributed by atoms with E-state index >= 15 is 0 Å². The summed E-state index contributed by atoms with van der Waals surface area (Å²) in [5.41, 5.74) is -4.67. The number of halogens is 9. The molecule has 1 N–H and O–H groups in total. The Balaban J connectivity index is 2.72. The Labute approximate surface area is 185 Å². The maximum atomic E-state index is 14.2. The number of ketones is 1. The zero-order valence-electron chi connectivity index (χ0n) is 16.4. The van der Waals surface area contributed by atoms with Gasteiger partial charge in [0, 0.05) is 5.56 Å². The molecule has 0 aliphatic carbocycles. The number of alkyl halides is 9. The Morgan fingerprint density at radius 3 is 1.62 bits per heavy atom. The van der Waals surface area contributed by atoms with Crippen LogP contribution in [-0.4, -0.2) is 49.2 Å². The van der Waals surface area contributed by atoms with E-state index in [-0.39, 0.29) is 0 Å². The van der Waals surface area contributed by atoms with Gasteiger partial charge in [0.2, 0.25) is 5.78 Å². The summed E-state index contributed by atoms with van der Waals surface area (Å²) in [7, 11) is -7.48. The number of aliphatic hydroxyl groups is 1. The second-order valence-electron chi connectivity index (χ2n) is 6.75. The van der Waals surface area contributed by atoms with Crippen LogP contribution in [0.3, 0.4) is 0 Å². The number of Topliss-reactive ketones (excluding diaryl/α,β-unsaturated/α-hetero) is 1. The van der Waals surface area contributed by atoms with Crippen LogP contribution in [0.25, 0.3) is 0 Å². The van der Waals surface area contributed by atoms with Gasteiger partial charge in [0.25, 0.3) is 0 Å². The van der Waals surface area contributed by atoms with Crippen LogP contribution in [0.1, 0.15) is 15.9 Å². The largest absolute Gasteiger partial charge is 0.460 e. The highest BCUT2D eigenvalue weighted by Gasteiger charge is 2.86. The molecule has 15 heteroatoms. The van der Waals surface area contributed by atoms with Crippen molar-refractivity contribution in [1.82, 2.24) is 0 Å². The summed E-state index contributed by atoms with van der Waals surface area (Å²) in [4.78, 5) is 13.0. The molecule has 2 aromatic carbocycles. The molecular weight excluding hydrogens is 511 g/mol. The minimum atomic E-state index is -7.58. The van der Waals surface area contributed by atoms with Crippen molar-refractivity contribution in [3.8, 4) is 0 Å². The molecule has 0 aliphatic rings. The van der Waals surface area contributed by atoms with Crippen molar-refractivity contribution in [2.75, 3.05) is 6.61 Å². The molecule has 34 heavy (non-hydrogen) atoms. The van der Waals surface area contributed by atoms with Crippen LogP contribution in [0, 0.1) is 0 Å². The van der Waals surface area contributed by atoms with E-state index in [1.54, 1.807) is 0 Å². The van der Waals surface area contributed by atoms with Crippen LogP contribution in [0.4, 0.5) is 39.5 Å². The number of hydrogen-bond acceptors (Lipinski definition) is 5. The molecule has 0 aromatic heterocycles. The lowest BCUT2D eigenvalue weighted by atomic mass is 9.86. The van der Waals surface area contributed by atoms with Crippen molar-refractivity contribution < 1.29 is 62.0 Å². The predicted octanol–water partition coefficient (Wildman–Crippen LogP) is 4.53. The quantitative estimate of drug-likeness (QED) is 0.296. The Morgan fingerprint density at radius 1 is 0.765 bits per heavy atom. The summed E-state index contributed by atoms with van der Waals surface area (Å²) in [6, 6.07) is 10.8. The minimum Gasteiger partial charge on any atom is -0.392 e. The molecule has 0 saturated carbocycles. The summed E-state index contributed by atoms with van der Waals surface area (Å²) < 4.78 is 148. The highest BCUT2D eigenvalue weighted by molar-refractivity contribution is 7.87. The van der Waals surface area contributed by atoms with Gasteiger partial charge in [0.1, 0.15) is 0 Å². The number of carbonyl (C=O) groups excluding carboxylic acids is 1. The first-order valence-electron chi connectivity index (χ1n) is 8.80. The summed E-state index contributed by atoms with van der Waals surface area (Å²) >= 11 is 0. The zero-order valence-corrected chi connectivity index (χ0v) is 17.2. The lowest BCUT2D eigenvalue weighted by molar-refractivity contribution is -0.383. The van der Waals surface area contributed by atoms with E-state index in [0.717, 1.165) is 36.4 Å². The molecule has 0 bridgehead atoms.